The van der Waals surface area contributed by atoms with Crippen molar-refractivity contribution in [3.63, 3.8) is 0 Å². The van der Waals surface area contributed by atoms with Crippen LogP contribution in [0.1, 0.15) is 43.5 Å². The fourth-order valence-electron chi connectivity index (χ4n) is 3.30. The zero-order valence-electron chi connectivity index (χ0n) is 17.1. The summed E-state index contributed by atoms with van der Waals surface area (Å²) >= 11 is 1.49. The van der Waals surface area contributed by atoms with E-state index in [0.29, 0.717) is 17.0 Å². The van der Waals surface area contributed by atoms with Crippen LogP contribution in [0, 0.1) is 0 Å². The molecular formula is C23H29N3O2S. The lowest BCUT2D eigenvalue weighted by Crippen LogP contribution is -2.33. The van der Waals surface area contributed by atoms with Crippen LogP contribution in [0.4, 0.5) is 11.4 Å². The van der Waals surface area contributed by atoms with Gasteiger partial charge in [-0.3, -0.25) is 9.59 Å². The maximum atomic E-state index is 12.9. The first-order valence-corrected chi connectivity index (χ1v) is 11.2. The Morgan fingerprint density at radius 3 is 2.52 bits per heavy atom. The molecule has 0 aromatic heterocycles. The molecule has 1 aliphatic heterocycles. The number of thioether (sulfide) groups is 1. The summed E-state index contributed by atoms with van der Waals surface area (Å²) in [5, 5.41) is 5.99. The highest BCUT2D eigenvalue weighted by Gasteiger charge is 2.21. The third kappa shape index (κ3) is 6.00. The topological polar surface area (TPSA) is 61.4 Å². The second kappa shape index (κ2) is 10.3. The van der Waals surface area contributed by atoms with E-state index in [1.54, 1.807) is 6.07 Å². The van der Waals surface area contributed by atoms with Crippen molar-refractivity contribution in [1.82, 2.24) is 5.32 Å². The largest absolute Gasteiger partial charge is 0.371 e. The maximum absolute atomic E-state index is 12.9. The highest BCUT2D eigenvalue weighted by atomic mass is 32.2. The van der Waals surface area contributed by atoms with Gasteiger partial charge >= 0.3 is 0 Å². The van der Waals surface area contributed by atoms with Crippen LogP contribution >= 0.6 is 11.8 Å². The molecule has 1 unspecified atom stereocenters. The number of carbonyl (C=O) groups is 2. The van der Waals surface area contributed by atoms with Crippen LogP contribution < -0.4 is 15.5 Å². The molecule has 1 heterocycles. The quantitative estimate of drug-likeness (QED) is 0.626. The van der Waals surface area contributed by atoms with Crippen molar-refractivity contribution in [2.24, 2.45) is 0 Å². The molecule has 1 saturated heterocycles. The number of anilines is 2. The molecule has 6 heteroatoms. The van der Waals surface area contributed by atoms with Crippen LogP contribution in [-0.2, 0) is 4.79 Å². The molecule has 29 heavy (non-hydrogen) atoms. The van der Waals surface area contributed by atoms with E-state index < -0.39 is 0 Å². The average Bonchev–Trinajstić information content (AvgIpc) is 3.27. The van der Waals surface area contributed by atoms with Gasteiger partial charge < -0.3 is 15.5 Å². The van der Waals surface area contributed by atoms with Crippen molar-refractivity contribution < 1.29 is 9.59 Å². The summed E-state index contributed by atoms with van der Waals surface area (Å²) in [7, 11) is 0. The first kappa shape index (κ1) is 21.2. The minimum Gasteiger partial charge on any atom is -0.371 e. The summed E-state index contributed by atoms with van der Waals surface area (Å²) in [6.07, 6.45) is 3.15. The van der Waals surface area contributed by atoms with Gasteiger partial charge in [0.15, 0.2) is 0 Å². The molecule has 0 radical (unpaired) electrons. The number of benzene rings is 2. The van der Waals surface area contributed by atoms with Gasteiger partial charge in [0.25, 0.3) is 5.91 Å². The zero-order valence-corrected chi connectivity index (χ0v) is 17.9. The Hall–Kier alpha value is -2.47. The van der Waals surface area contributed by atoms with Gasteiger partial charge in [-0.2, -0.15) is 0 Å². The number of nitrogens with one attached hydrogen (secondary N) is 2. The summed E-state index contributed by atoms with van der Waals surface area (Å²) in [4.78, 5) is 28.6. The van der Waals surface area contributed by atoms with Gasteiger partial charge in [0, 0.05) is 35.4 Å². The molecular weight excluding hydrogens is 382 g/mol. The fraction of sp³-hybridized carbons (Fsp3) is 0.391. The Morgan fingerprint density at radius 1 is 1.10 bits per heavy atom. The van der Waals surface area contributed by atoms with E-state index >= 15 is 0 Å². The third-order valence-corrected chi connectivity index (χ3v) is 6.09. The van der Waals surface area contributed by atoms with Crippen molar-refractivity contribution in [2.45, 2.75) is 44.0 Å². The summed E-state index contributed by atoms with van der Waals surface area (Å²) in [5.41, 5.74) is 2.22. The second-order valence-electron chi connectivity index (χ2n) is 7.36. The van der Waals surface area contributed by atoms with E-state index in [0.717, 1.165) is 42.9 Å². The van der Waals surface area contributed by atoms with Gasteiger partial charge in [0.2, 0.25) is 5.91 Å². The molecule has 1 atom stereocenters. The Bertz CT molecular complexity index is 835. The van der Waals surface area contributed by atoms with E-state index in [1.165, 1.54) is 11.8 Å². The number of carbonyl (C=O) groups excluding carboxylic acids is 2. The van der Waals surface area contributed by atoms with Gasteiger partial charge in [-0.05, 0) is 56.5 Å². The molecule has 154 valence electrons. The van der Waals surface area contributed by atoms with Crippen molar-refractivity contribution in [1.29, 1.82) is 0 Å². The third-order valence-electron chi connectivity index (χ3n) is 5.07. The lowest BCUT2D eigenvalue weighted by molar-refractivity contribution is -0.113. The number of nitrogens with zero attached hydrogens (tertiary/aromatic N) is 1. The van der Waals surface area contributed by atoms with Gasteiger partial charge in [0.1, 0.15) is 0 Å². The molecule has 2 N–H and O–H groups in total. The molecule has 0 spiro atoms. The molecule has 0 saturated carbocycles. The van der Waals surface area contributed by atoms with E-state index in [4.69, 9.17) is 0 Å². The monoisotopic (exact) mass is 411 g/mol. The normalized spacial score (nSPS) is 14.5. The minimum absolute atomic E-state index is 0.0824. The van der Waals surface area contributed by atoms with E-state index in [2.05, 4.69) is 15.5 Å². The molecule has 2 amide bonds. The van der Waals surface area contributed by atoms with Crippen molar-refractivity contribution in [2.75, 3.05) is 29.1 Å². The van der Waals surface area contributed by atoms with E-state index in [1.807, 2.05) is 56.3 Å². The first-order chi connectivity index (χ1) is 14.1. The van der Waals surface area contributed by atoms with E-state index in [9.17, 15) is 9.59 Å². The zero-order chi connectivity index (χ0) is 20.6. The second-order valence-corrected chi connectivity index (χ2v) is 8.41. The predicted molar refractivity (Wildman–Crippen MR) is 121 cm³/mol. The van der Waals surface area contributed by atoms with Crippen LogP contribution in [0.3, 0.4) is 0 Å². The van der Waals surface area contributed by atoms with Gasteiger partial charge in [-0.1, -0.05) is 25.1 Å². The summed E-state index contributed by atoms with van der Waals surface area (Å²) < 4.78 is 0. The molecule has 0 bridgehead atoms. The maximum Gasteiger partial charge on any atom is 0.253 e. The first-order valence-electron chi connectivity index (χ1n) is 10.2. The number of amides is 2. The summed E-state index contributed by atoms with van der Waals surface area (Å²) in [6, 6.07) is 15.6. The van der Waals surface area contributed by atoms with Crippen LogP contribution in [0.15, 0.2) is 53.4 Å². The Morgan fingerprint density at radius 2 is 1.83 bits per heavy atom. The van der Waals surface area contributed by atoms with Crippen molar-refractivity contribution in [3.8, 4) is 0 Å². The molecule has 5 nitrogen and oxygen atoms in total. The van der Waals surface area contributed by atoms with Crippen LogP contribution in [0.25, 0.3) is 0 Å². The SMILES string of the molecule is CCC(C)NC(=O)c1cc(NC(=O)CSc2ccccc2)ccc1N1CCCC1. The van der Waals surface area contributed by atoms with Gasteiger partial charge in [-0.25, -0.2) is 0 Å². The average molecular weight is 412 g/mol. The van der Waals surface area contributed by atoms with Gasteiger partial charge in [0.05, 0.1) is 11.3 Å². The fourth-order valence-corrected chi connectivity index (χ4v) is 4.02. The lowest BCUT2D eigenvalue weighted by Gasteiger charge is -2.23. The van der Waals surface area contributed by atoms with Crippen LogP contribution in [0.5, 0.6) is 0 Å². The number of hydrogen-bond donors (Lipinski definition) is 2. The van der Waals surface area contributed by atoms with Crippen LogP contribution in [-0.4, -0.2) is 36.7 Å². The molecule has 2 aromatic rings. The van der Waals surface area contributed by atoms with Crippen molar-refractivity contribution in [3.05, 3.63) is 54.1 Å². The Labute approximate surface area is 177 Å². The highest BCUT2D eigenvalue weighted by molar-refractivity contribution is 8.00. The standard InChI is InChI=1S/C23H29N3O2S/c1-3-17(2)24-23(28)20-15-18(11-12-21(20)26-13-7-8-14-26)25-22(27)16-29-19-9-5-4-6-10-19/h4-6,9-12,15,17H,3,7-8,13-14,16H2,1-2H3,(H,24,28)(H,25,27). The Balaban J connectivity index is 1.72. The minimum atomic E-state index is -0.0870. The van der Waals surface area contributed by atoms with Gasteiger partial charge in [-0.15, -0.1) is 11.8 Å². The van der Waals surface area contributed by atoms with Crippen molar-refractivity contribution >= 4 is 35.0 Å². The smallest absolute Gasteiger partial charge is 0.253 e. The lowest BCUT2D eigenvalue weighted by atomic mass is 10.1. The number of hydrogen-bond acceptors (Lipinski definition) is 4. The molecule has 0 aliphatic carbocycles. The van der Waals surface area contributed by atoms with E-state index in [-0.39, 0.29) is 17.9 Å². The Kier molecular flexibility index (Phi) is 7.58. The molecule has 2 aromatic carbocycles. The molecule has 1 fully saturated rings. The van der Waals surface area contributed by atoms with Crippen LogP contribution in [0.2, 0.25) is 0 Å². The summed E-state index contributed by atoms with van der Waals surface area (Å²) in [5.74, 6) is 0.156. The summed E-state index contributed by atoms with van der Waals surface area (Å²) in [6.45, 7) is 5.97. The molecule has 1 aliphatic rings. The highest BCUT2D eigenvalue weighted by Crippen LogP contribution is 2.28. The molecule has 3 rings (SSSR count). The predicted octanol–water partition coefficient (Wildman–Crippen LogP) is 4.55. The number of rotatable bonds is 8.